The van der Waals surface area contributed by atoms with Crippen LogP contribution in [0.1, 0.15) is 58.3 Å². The summed E-state index contributed by atoms with van der Waals surface area (Å²) in [4.78, 5) is 14.8. The largest absolute Gasteiger partial charge is 0.361 e. The maximum atomic E-state index is 12.5. The maximum Gasteiger partial charge on any atom is 0.222 e. The van der Waals surface area contributed by atoms with Crippen molar-refractivity contribution in [2.75, 3.05) is 6.54 Å². The van der Waals surface area contributed by atoms with Gasteiger partial charge in [-0.2, -0.15) is 0 Å². The summed E-state index contributed by atoms with van der Waals surface area (Å²) in [6, 6.07) is 0. The standard InChI is InChI=1S/C17H25NO2/c1-2-15(19)18-12-17-9-6-14(20-17)10-13(17)11-16(18)7-4-3-5-8-16/h6,9,13-14H,2-5,7-8,10-12H2,1H3/t13?,14-,17+/m0/s1. The van der Waals surface area contributed by atoms with Crippen LogP contribution in [0.25, 0.3) is 0 Å². The predicted molar refractivity (Wildman–Crippen MR) is 77.3 cm³/mol. The highest BCUT2D eigenvalue weighted by Crippen LogP contribution is 2.54. The lowest BCUT2D eigenvalue weighted by Crippen LogP contribution is -2.64. The number of carbonyl (C=O) groups is 1. The van der Waals surface area contributed by atoms with Gasteiger partial charge in [-0.3, -0.25) is 4.79 Å². The first kappa shape index (κ1) is 12.9. The molecule has 3 heterocycles. The number of carbonyl (C=O) groups excluding carboxylic acids is 1. The number of ether oxygens (including phenoxy) is 1. The third-order valence-corrected chi connectivity index (χ3v) is 6.16. The summed E-state index contributed by atoms with van der Waals surface area (Å²) in [5, 5.41) is 0. The van der Waals surface area contributed by atoms with Gasteiger partial charge in [0.15, 0.2) is 0 Å². The van der Waals surface area contributed by atoms with Crippen molar-refractivity contribution in [1.29, 1.82) is 0 Å². The van der Waals surface area contributed by atoms with Gasteiger partial charge in [-0.1, -0.05) is 38.3 Å². The first-order valence-electron chi connectivity index (χ1n) is 8.35. The lowest BCUT2D eigenvalue weighted by molar-refractivity contribution is -0.155. The molecule has 0 aromatic carbocycles. The quantitative estimate of drug-likeness (QED) is 0.688. The van der Waals surface area contributed by atoms with Crippen LogP contribution in [0.5, 0.6) is 0 Å². The van der Waals surface area contributed by atoms with E-state index in [0.717, 1.165) is 6.54 Å². The molecule has 0 aromatic rings. The van der Waals surface area contributed by atoms with Gasteiger partial charge in [0.2, 0.25) is 5.91 Å². The SMILES string of the molecule is CCC(=O)N1C[C@]23C=C[C@@H](CC2CC12CCCCC2)O3. The van der Waals surface area contributed by atoms with Crippen LogP contribution >= 0.6 is 0 Å². The minimum Gasteiger partial charge on any atom is -0.361 e. The summed E-state index contributed by atoms with van der Waals surface area (Å²) in [6.45, 7) is 2.79. The lowest BCUT2D eigenvalue weighted by Gasteiger charge is -2.56. The zero-order valence-electron chi connectivity index (χ0n) is 12.4. The Morgan fingerprint density at radius 3 is 2.85 bits per heavy atom. The van der Waals surface area contributed by atoms with Gasteiger partial charge in [0, 0.05) is 12.0 Å². The van der Waals surface area contributed by atoms with Crippen LogP contribution in [-0.2, 0) is 9.53 Å². The normalized spacial score (nSPS) is 41.1. The van der Waals surface area contributed by atoms with Crippen molar-refractivity contribution in [3.8, 4) is 0 Å². The van der Waals surface area contributed by atoms with Crippen molar-refractivity contribution < 1.29 is 9.53 Å². The van der Waals surface area contributed by atoms with Crippen LogP contribution < -0.4 is 0 Å². The van der Waals surface area contributed by atoms with Crippen molar-refractivity contribution in [2.24, 2.45) is 5.92 Å². The molecule has 2 spiro atoms. The van der Waals surface area contributed by atoms with E-state index in [0.29, 0.717) is 24.3 Å². The fourth-order valence-corrected chi connectivity index (χ4v) is 5.16. The first-order chi connectivity index (χ1) is 9.67. The Balaban J connectivity index is 1.68. The van der Waals surface area contributed by atoms with Crippen LogP contribution in [0.3, 0.4) is 0 Å². The molecule has 2 saturated heterocycles. The third kappa shape index (κ3) is 1.65. The van der Waals surface area contributed by atoms with E-state index in [1.165, 1.54) is 44.9 Å². The van der Waals surface area contributed by atoms with Gasteiger partial charge in [0.25, 0.3) is 0 Å². The summed E-state index contributed by atoms with van der Waals surface area (Å²) in [7, 11) is 0. The zero-order chi connectivity index (χ0) is 13.8. The Kier molecular flexibility index (Phi) is 2.79. The molecule has 3 heteroatoms. The number of rotatable bonds is 1. The summed E-state index contributed by atoms with van der Waals surface area (Å²) in [5.41, 5.74) is 0.0150. The third-order valence-electron chi connectivity index (χ3n) is 6.16. The number of nitrogens with zero attached hydrogens (tertiary/aromatic N) is 1. The molecule has 110 valence electrons. The van der Waals surface area contributed by atoms with Crippen molar-refractivity contribution in [3.05, 3.63) is 12.2 Å². The average molecular weight is 275 g/mol. The second-order valence-electron chi connectivity index (χ2n) is 7.23. The van der Waals surface area contributed by atoms with Crippen LogP contribution in [0.2, 0.25) is 0 Å². The summed E-state index contributed by atoms with van der Waals surface area (Å²) < 4.78 is 6.22. The van der Waals surface area contributed by atoms with Crippen LogP contribution in [0.4, 0.5) is 0 Å². The van der Waals surface area contributed by atoms with Crippen LogP contribution in [0.15, 0.2) is 12.2 Å². The minimum absolute atomic E-state index is 0.141. The van der Waals surface area contributed by atoms with E-state index in [1.807, 2.05) is 6.92 Å². The monoisotopic (exact) mass is 275 g/mol. The molecule has 1 saturated carbocycles. The fourth-order valence-electron chi connectivity index (χ4n) is 5.16. The lowest BCUT2D eigenvalue weighted by atomic mass is 9.65. The van der Waals surface area contributed by atoms with E-state index in [1.54, 1.807) is 0 Å². The Morgan fingerprint density at radius 1 is 1.35 bits per heavy atom. The average Bonchev–Trinajstić information content (AvgIpc) is 3.03. The Labute approximate surface area is 121 Å². The van der Waals surface area contributed by atoms with Gasteiger partial charge >= 0.3 is 0 Å². The van der Waals surface area contributed by atoms with E-state index >= 15 is 0 Å². The van der Waals surface area contributed by atoms with E-state index in [2.05, 4.69) is 17.1 Å². The molecular weight excluding hydrogens is 250 g/mol. The molecule has 3 nitrogen and oxygen atoms in total. The maximum absolute atomic E-state index is 12.5. The van der Waals surface area contributed by atoms with Crippen molar-refractivity contribution in [3.63, 3.8) is 0 Å². The molecule has 20 heavy (non-hydrogen) atoms. The molecule has 1 amide bonds. The number of piperidine rings is 1. The number of hydrogen-bond acceptors (Lipinski definition) is 2. The van der Waals surface area contributed by atoms with E-state index < -0.39 is 0 Å². The summed E-state index contributed by atoms with van der Waals surface area (Å²) in [5.74, 6) is 0.962. The fraction of sp³-hybridized carbons (Fsp3) is 0.824. The molecule has 4 rings (SSSR count). The summed E-state index contributed by atoms with van der Waals surface area (Å²) >= 11 is 0. The molecule has 4 aliphatic rings. The number of hydrogen-bond donors (Lipinski definition) is 0. The van der Waals surface area contributed by atoms with Crippen LogP contribution in [-0.4, -0.2) is 34.6 Å². The highest BCUT2D eigenvalue weighted by molar-refractivity contribution is 5.77. The Bertz CT molecular complexity index is 452. The molecule has 0 aromatic heterocycles. The highest BCUT2D eigenvalue weighted by Gasteiger charge is 2.59. The molecule has 3 atom stereocenters. The number of amides is 1. The van der Waals surface area contributed by atoms with Gasteiger partial charge in [0.1, 0.15) is 5.60 Å². The molecular formula is C17H25NO2. The van der Waals surface area contributed by atoms with Gasteiger partial charge in [-0.15, -0.1) is 0 Å². The zero-order valence-corrected chi connectivity index (χ0v) is 12.4. The molecule has 3 aliphatic heterocycles. The summed E-state index contributed by atoms with van der Waals surface area (Å²) in [6.07, 6.45) is 14.1. The van der Waals surface area contributed by atoms with Crippen molar-refractivity contribution >= 4 is 5.91 Å². The topological polar surface area (TPSA) is 29.5 Å². The molecule has 0 N–H and O–H groups in total. The van der Waals surface area contributed by atoms with Crippen molar-refractivity contribution in [2.45, 2.75) is 75.5 Å². The Morgan fingerprint density at radius 2 is 2.15 bits per heavy atom. The second kappa shape index (κ2) is 4.33. The number of likely N-dealkylation sites (tertiary alicyclic amines) is 1. The molecule has 1 aliphatic carbocycles. The number of fused-ring (bicyclic) bond motifs is 1. The van der Waals surface area contributed by atoms with E-state index in [9.17, 15) is 4.79 Å². The first-order valence-corrected chi connectivity index (χ1v) is 8.35. The molecule has 2 bridgehead atoms. The molecule has 0 radical (unpaired) electrons. The van der Waals surface area contributed by atoms with E-state index in [4.69, 9.17) is 4.74 Å². The van der Waals surface area contributed by atoms with Gasteiger partial charge in [0.05, 0.1) is 12.6 Å². The Hall–Kier alpha value is -0.830. The van der Waals surface area contributed by atoms with Crippen molar-refractivity contribution in [1.82, 2.24) is 4.90 Å². The smallest absolute Gasteiger partial charge is 0.222 e. The second-order valence-corrected chi connectivity index (χ2v) is 7.23. The van der Waals surface area contributed by atoms with E-state index in [-0.39, 0.29) is 11.1 Å². The highest BCUT2D eigenvalue weighted by atomic mass is 16.5. The molecule has 3 fully saturated rings. The predicted octanol–water partition coefficient (Wildman–Crippen LogP) is 3.05. The van der Waals surface area contributed by atoms with Gasteiger partial charge in [-0.05, 0) is 31.6 Å². The van der Waals surface area contributed by atoms with Gasteiger partial charge < -0.3 is 9.64 Å². The molecule has 1 unspecified atom stereocenters. The van der Waals surface area contributed by atoms with Gasteiger partial charge in [-0.25, -0.2) is 0 Å². The minimum atomic E-state index is -0.141. The van der Waals surface area contributed by atoms with Crippen LogP contribution in [0, 0.1) is 5.92 Å².